The first kappa shape index (κ1) is 17.9. The maximum atomic E-state index is 12.6. The zero-order chi connectivity index (χ0) is 18.0. The monoisotopic (exact) mass is 378 g/mol. The number of hydrogen-bond donors (Lipinski definition) is 2. The summed E-state index contributed by atoms with van der Waals surface area (Å²) < 4.78 is 0. The predicted molar refractivity (Wildman–Crippen MR) is 94.8 cm³/mol. The molecule has 1 unspecified atom stereocenters. The topological polar surface area (TPSA) is 79.3 Å². The summed E-state index contributed by atoms with van der Waals surface area (Å²) in [5, 5.41) is 13.1. The molecule has 0 aliphatic heterocycles. The van der Waals surface area contributed by atoms with Crippen LogP contribution in [-0.2, 0) is 17.9 Å². The van der Waals surface area contributed by atoms with Crippen molar-refractivity contribution in [3.05, 3.63) is 62.9 Å². The highest BCUT2D eigenvalue weighted by Crippen LogP contribution is 2.31. The SMILES string of the molecule is O=C1CCC(C(=O)NCc2c(Cl)cc(Cl)cc2CO)c2cccnc21. The van der Waals surface area contributed by atoms with Crippen molar-refractivity contribution in [2.24, 2.45) is 0 Å². The zero-order valence-corrected chi connectivity index (χ0v) is 14.8. The molecule has 0 fully saturated rings. The molecule has 1 aliphatic rings. The molecule has 1 aliphatic carbocycles. The molecule has 7 heteroatoms. The summed E-state index contributed by atoms with van der Waals surface area (Å²) in [5.74, 6) is -0.662. The van der Waals surface area contributed by atoms with Crippen LogP contribution in [0.4, 0.5) is 0 Å². The van der Waals surface area contributed by atoms with E-state index in [2.05, 4.69) is 10.3 Å². The second kappa shape index (κ2) is 7.52. The van der Waals surface area contributed by atoms with Crippen molar-refractivity contribution in [1.29, 1.82) is 0 Å². The number of Topliss-reactive ketones (excluding diaryl/α,β-unsaturated/α-hetero) is 1. The van der Waals surface area contributed by atoms with E-state index in [-0.39, 0.29) is 24.8 Å². The number of fused-ring (bicyclic) bond motifs is 1. The lowest BCUT2D eigenvalue weighted by Crippen LogP contribution is -2.33. The summed E-state index contributed by atoms with van der Waals surface area (Å²) in [4.78, 5) is 28.7. The highest BCUT2D eigenvalue weighted by molar-refractivity contribution is 6.35. The van der Waals surface area contributed by atoms with Gasteiger partial charge in [-0.25, -0.2) is 0 Å². The predicted octanol–water partition coefficient (Wildman–Crippen LogP) is 3.26. The van der Waals surface area contributed by atoms with Gasteiger partial charge in [0.1, 0.15) is 5.69 Å². The Kier molecular flexibility index (Phi) is 5.37. The number of rotatable bonds is 4. The number of nitrogens with zero attached hydrogens (tertiary/aromatic N) is 1. The third-order valence-corrected chi connectivity index (χ3v) is 4.87. The van der Waals surface area contributed by atoms with Gasteiger partial charge in [0.15, 0.2) is 5.78 Å². The van der Waals surface area contributed by atoms with Gasteiger partial charge in [-0.2, -0.15) is 0 Å². The molecule has 1 aromatic heterocycles. The highest BCUT2D eigenvalue weighted by atomic mass is 35.5. The number of aliphatic hydroxyl groups is 1. The van der Waals surface area contributed by atoms with Crippen LogP contribution < -0.4 is 5.32 Å². The van der Waals surface area contributed by atoms with Gasteiger partial charge in [0.2, 0.25) is 5.91 Å². The van der Waals surface area contributed by atoms with Crippen molar-refractivity contribution >= 4 is 34.9 Å². The molecule has 2 aromatic rings. The molecule has 1 aromatic carbocycles. The van der Waals surface area contributed by atoms with Crippen molar-refractivity contribution in [1.82, 2.24) is 10.3 Å². The fraction of sp³-hybridized carbons (Fsp3) is 0.278. The molecule has 0 saturated carbocycles. The number of carbonyl (C=O) groups excluding carboxylic acids is 2. The van der Waals surface area contributed by atoms with E-state index in [1.807, 2.05) is 0 Å². The Morgan fingerprint density at radius 2 is 2.16 bits per heavy atom. The Morgan fingerprint density at radius 3 is 2.92 bits per heavy atom. The maximum Gasteiger partial charge on any atom is 0.227 e. The second-order valence-electron chi connectivity index (χ2n) is 5.86. The first-order valence-electron chi connectivity index (χ1n) is 7.84. The lowest BCUT2D eigenvalue weighted by Gasteiger charge is -2.23. The number of ketones is 1. The number of halogens is 2. The lowest BCUT2D eigenvalue weighted by molar-refractivity contribution is -0.122. The van der Waals surface area contributed by atoms with Crippen molar-refractivity contribution in [2.75, 3.05) is 0 Å². The molecule has 0 saturated heterocycles. The summed E-state index contributed by atoms with van der Waals surface area (Å²) in [6, 6.07) is 6.67. The van der Waals surface area contributed by atoms with Crippen molar-refractivity contribution < 1.29 is 14.7 Å². The standard InChI is InChI=1S/C18H16Cl2N2O3/c19-11-6-10(9-23)14(15(20)7-11)8-22-18(25)13-3-4-16(24)17-12(13)2-1-5-21-17/h1-2,5-7,13,23H,3-4,8-9H2,(H,22,25). The molecule has 0 radical (unpaired) electrons. The van der Waals surface area contributed by atoms with E-state index in [9.17, 15) is 14.7 Å². The Bertz CT molecular complexity index is 839. The molecule has 1 heterocycles. The van der Waals surface area contributed by atoms with E-state index >= 15 is 0 Å². The third-order valence-electron chi connectivity index (χ3n) is 4.32. The average Bonchev–Trinajstić information content (AvgIpc) is 2.60. The fourth-order valence-corrected chi connectivity index (χ4v) is 3.65. The summed E-state index contributed by atoms with van der Waals surface area (Å²) >= 11 is 12.1. The Hall–Kier alpha value is -1.95. The van der Waals surface area contributed by atoms with Crippen LogP contribution >= 0.6 is 23.2 Å². The second-order valence-corrected chi connectivity index (χ2v) is 6.70. The molecular formula is C18H16Cl2N2O3. The largest absolute Gasteiger partial charge is 0.392 e. The molecule has 5 nitrogen and oxygen atoms in total. The van der Waals surface area contributed by atoms with Gasteiger partial charge >= 0.3 is 0 Å². The highest BCUT2D eigenvalue weighted by Gasteiger charge is 2.31. The van der Waals surface area contributed by atoms with Gasteiger partial charge in [-0.15, -0.1) is 0 Å². The van der Waals surface area contributed by atoms with Gasteiger partial charge in [-0.05, 0) is 41.3 Å². The summed E-state index contributed by atoms with van der Waals surface area (Å²) in [6.45, 7) is -0.0546. The molecule has 1 atom stereocenters. The van der Waals surface area contributed by atoms with Gasteiger partial charge < -0.3 is 10.4 Å². The molecule has 0 bridgehead atoms. The molecule has 0 spiro atoms. The van der Waals surface area contributed by atoms with Crippen molar-refractivity contribution in [3.63, 3.8) is 0 Å². The Morgan fingerprint density at radius 1 is 1.36 bits per heavy atom. The number of benzene rings is 1. The first-order chi connectivity index (χ1) is 12.0. The summed E-state index contributed by atoms with van der Waals surface area (Å²) in [5.41, 5.74) is 2.22. The summed E-state index contributed by atoms with van der Waals surface area (Å²) in [6.07, 6.45) is 2.30. The minimum absolute atomic E-state index is 0.0389. The zero-order valence-electron chi connectivity index (χ0n) is 13.3. The minimum Gasteiger partial charge on any atom is -0.392 e. The molecular weight excluding hydrogens is 363 g/mol. The Balaban J connectivity index is 1.79. The first-order valence-corrected chi connectivity index (χ1v) is 8.60. The van der Waals surface area contributed by atoms with Gasteiger partial charge in [0.05, 0.1) is 12.5 Å². The molecule has 2 N–H and O–H groups in total. The third kappa shape index (κ3) is 3.68. The average molecular weight is 379 g/mol. The van der Waals surface area contributed by atoms with E-state index in [1.54, 1.807) is 30.5 Å². The van der Waals surface area contributed by atoms with Crippen LogP contribution in [0.5, 0.6) is 0 Å². The molecule has 3 rings (SSSR count). The van der Waals surface area contributed by atoms with Crippen molar-refractivity contribution in [2.45, 2.75) is 31.9 Å². The van der Waals surface area contributed by atoms with Crippen LogP contribution in [0, 0.1) is 0 Å². The number of pyridine rings is 1. The summed E-state index contributed by atoms with van der Waals surface area (Å²) in [7, 11) is 0. The smallest absolute Gasteiger partial charge is 0.227 e. The molecule has 130 valence electrons. The number of nitrogens with one attached hydrogen (secondary N) is 1. The van der Waals surface area contributed by atoms with E-state index < -0.39 is 5.92 Å². The van der Waals surface area contributed by atoms with Gasteiger partial charge in [0.25, 0.3) is 0 Å². The van der Waals surface area contributed by atoms with Crippen LogP contribution in [0.25, 0.3) is 0 Å². The van der Waals surface area contributed by atoms with E-state index in [0.29, 0.717) is 45.3 Å². The van der Waals surface area contributed by atoms with E-state index in [4.69, 9.17) is 23.2 Å². The van der Waals surface area contributed by atoms with E-state index in [0.717, 1.165) is 0 Å². The van der Waals surface area contributed by atoms with Gasteiger partial charge in [-0.3, -0.25) is 14.6 Å². The quantitative estimate of drug-likeness (QED) is 0.855. The fourth-order valence-electron chi connectivity index (χ4n) is 3.05. The van der Waals surface area contributed by atoms with Gasteiger partial charge in [0, 0.05) is 29.2 Å². The van der Waals surface area contributed by atoms with Crippen LogP contribution in [-0.4, -0.2) is 21.8 Å². The minimum atomic E-state index is -0.426. The van der Waals surface area contributed by atoms with Crippen molar-refractivity contribution in [3.8, 4) is 0 Å². The molecule has 25 heavy (non-hydrogen) atoms. The van der Waals surface area contributed by atoms with Crippen LogP contribution in [0.15, 0.2) is 30.5 Å². The van der Waals surface area contributed by atoms with Gasteiger partial charge in [-0.1, -0.05) is 29.3 Å². The number of hydrogen-bond acceptors (Lipinski definition) is 4. The maximum absolute atomic E-state index is 12.6. The van der Waals surface area contributed by atoms with Crippen LogP contribution in [0.1, 0.15) is 45.9 Å². The number of carbonyl (C=O) groups is 2. The van der Waals surface area contributed by atoms with Crippen LogP contribution in [0.3, 0.4) is 0 Å². The number of aromatic nitrogens is 1. The normalized spacial score (nSPS) is 16.4. The number of amides is 1. The lowest BCUT2D eigenvalue weighted by atomic mass is 9.84. The van der Waals surface area contributed by atoms with Crippen LogP contribution in [0.2, 0.25) is 10.0 Å². The molecule has 1 amide bonds. The Labute approximate surface area is 155 Å². The van der Waals surface area contributed by atoms with E-state index in [1.165, 1.54) is 0 Å². The number of aliphatic hydroxyl groups excluding tert-OH is 1.